The molecule has 2 aromatic heterocycles. The van der Waals surface area contributed by atoms with Crippen LogP contribution in [0.1, 0.15) is 17.4 Å². The molecule has 1 aromatic carbocycles. The summed E-state index contributed by atoms with van der Waals surface area (Å²) in [6.45, 7) is 5.32. The van der Waals surface area contributed by atoms with Crippen molar-refractivity contribution in [1.29, 1.82) is 0 Å². The number of hydrogen-bond acceptors (Lipinski definition) is 6. The van der Waals surface area contributed by atoms with E-state index < -0.39 is 12.1 Å². The molecule has 0 aliphatic carbocycles. The molecule has 0 radical (unpaired) electrons. The molecule has 1 fully saturated rings. The minimum atomic E-state index is -5.08. The summed E-state index contributed by atoms with van der Waals surface area (Å²) in [4.78, 5) is 27.4. The number of aryl methyl sites for hydroxylation is 2. The predicted molar refractivity (Wildman–Crippen MR) is 110 cm³/mol. The zero-order valence-electron chi connectivity index (χ0n) is 17.0. The molecule has 32 heavy (non-hydrogen) atoms. The van der Waals surface area contributed by atoms with E-state index in [0.29, 0.717) is 24.0 Å². The first-order valence-corrected chi connectivity index (χ1v) is 10.1. The molecule has 0 saturated carbocycles. The van der Waals surface area contributed by atoms with Crippen molar-refractivity contribution in [2.24, 2.45) is 0 Å². The van der Waals surface area contributed by atoms with Crippen molar-refractivity contribution in [3.8, 4) is 11.4 Å². The highest BCUT2D eigenvalue weighted by atomic mass is 32.1. The van der Waals surface area contributed by atoms with Crippen LogP contribution in [-0.2, 0) is 4.79 Å². The fourth-order valence-electron chi connectivity index (χ4n) is 2.94. The van der Waals surface area contributed by atoms with Crippen LogP contribution < -0.4 is 5.32 Å². The topological polar surface area (TPSA) is 113 Å². The van der Waals surface area contributed by atoms with Gasteiger partial charge in [0.1, 0.15) is 0 Å². The van der Waals surface area contributed by atoms with Gasteiger partial charge in [0.05, 0.1) is 11.7 Å². The second kappa shape index (κ2) is 9.34. The summed E-state index contributed by atoms with van der Waals surface area (Å²) >= 11 is 1.19. The molecule has 170 valence electrons. The number of nitrogens with zero attached hydrogens (tertiary/aromatic N) is 5. The van der Waals surface area contributed by atoms with Gasteiger partial charge in [-0.3, -0.25) is 10.00 Å². The Hall–Kier alpha value is -3.48. The largest absolute Gasteiger partial charge is 0.490 e. The van der Waals surface area contributed by atoms with Crippen LogP contribution in [-0.4, -0.2) is 60.4 Å². The van der Waals surface area contributed by atoms with Crippen LogP contribution >= 0.6 is 11.5 Å². The number of hydrogen-bond donors (Lipinski definition) is 2. The molecule has 13 heteroatoms. The van der Waals surface area contributed by atoms with Crippen LogP contribution in [0, 0.1) is 13.8 Å². The number of rotatable bonds is 3. The van der Waals surface area contributed by atoms with Gasteiger partial charge in [0.15, 0.2) is 5.82 Å². The van der Waals surface area contributed by atoms with Gasteiger partial charge in [-0.05, 0) is 19.9 Å². The highest BCUT2D eigenvalue weighted by Gasteiger charge is 2.38. The lowest BCUT2D eigenvalue weighted by molar-refractivity contribution is -0.192. The summed E-state index contributed by atoms with van der Waals surface area (Å²) in [5.41, 5.74) is 3.06. The molecular weight excluding hydrogens is 449 g/mol. The molecule has 2 amide bonds. The first kappa shape index (κ1) is 23.2. The number of carboxylic acid groups (broad SMARTS) is 1. The number of amides is 2. The maximum absolute atomic E-state index is 12.3. The molecule has 2 N–H and O–H groups in total. The molecule has 1 saturated heterocycles. The Morgan fingerprint density at radius 3 is 2.34 bits per heavy atom. The fraction of sp³-hybridized carbons (Fsp3) is 0.316. The van der Waals surface area contributed by atoms with Gasteiger partial charge in [0.25, 0.3) is 0 Å². The quantitative estimate of drug-likeness (QED) is 0.606. The molecule has 3 aromatic rings. The molecule has 0 unspecified atom stereocenters. The van der Waals surface area contributed by atoms with Gasteiger partial charge in [-0.2, -0.15) is 27.6 Å². The van der Waals surface area contributed by atoms with Crippen LogP contribution in [0.2, 0.25) is 0 Å². The third-order valence-electron chi connectivity index (χ3n) is 4.45. The van der Waals surface area contributed by atoms with Gasteiger partial charge < -0.3 is 10.0 Å². The zero-order chi connectivity index (χ0) is 23.5. The van der Waals surface area contributed by atoms with E-state index in [1.54, 1.807) is 4.90 Å². The smallest absolute Gasteiger partial charge is 0.475 e. The molecule has 0 atom stereocenters. The first-order chi connectivity index (χ1) is 15.0. The lowest BCUT2D eigenvalue weighted by Crippen LogP contribution is -2.52. The van der Waals surface area contributed by atoms with Crippen LogP contribution in [0.5, 0.6) is 0 Å². The van der Waals surface area contributed by atoms with Crippen molar-refractivity contribution in [2.75, 3.05) is 18.4 Å². The monoisotopic (exact) mass is 468 g/mol. The average Bonchev–Trinajstić information content (AvgIpc) is 3.27. The van der Waals surface area contributed by atoms with Crippen molar-refractivity contribution in [1.82, 2.24) is 24.0 Å². The van der Waals surface area contributed by atoms with Gasteiger partial charge in [-0.25, -0.2) is 9.59 Å². The number of alkyl halides is 3. The number of carbonyl (C=O) groups is 2. The average molecular weight is 468 g/mol. The third kappa shape index (κ3) is 5.60. The number of halogens is 3. The summed E-state index contributed by atoms with van der Waals surface area (Å²) in [7, 11) is 0. The lowest BCUT2D eigenvalue weighted by Gasteiger charge is -2.39. The van der Waals surface area contributed by atoms with E-state index in [4.69, 9.17) is 9.90 Å². The van der Waals surface area contributed by atoms with E-state index in [9.17, 15) is 18.0 Å². The SMILES string of the molecule is Cc1cc(C)n(C2CN(C(=O)Nc3nc(-c4ccccc4)ns3)C2)n1.O=C(O)C(F)(F)F. The Morgan fingerprint density at radius 2 is 1.81 bits per heavy atom. The van der Waals surface area contributed by atoms with Gasteiger partial charge in [0, 0.05) is 35.9 Å². The standard InChI is InChI=1S/C17H18N6OS.C2HF3O2/c1-11-8-12(2)23(20-11)14-9-22(10-14)17(24)19-16-18-15(21-25-16)13-6-4-3-5-7-13;3-2(4,5)1(6)7/h3-8,14H,9-10H2,1-2H3,(H,18,19,21,24);(H,6,7). The van der Waals surface area contributed by atoms with Crippen LogP contribution in [0.4, 0.5) is 23.1 Å². The van der Waals surface area contributed by atoms with Crippen molar-refractivity contribution in [2.45, 2.75) is 26.1 Å². The predicted octanol–water partition coefficient (Wildman–Crippen LogP) is 3.74. The van der Waals surface area contributed by atoms with E-state index in [-0.39, 0.29) is 12.1 Å². The Bertz CT molecular complexity index is 1090. The number of benzene rings is 1. The van der Waals surface area contributed by atoms with Gasteiger partial charge in [-0.15, -0.1) is 0 Å². The van der Waals surface area contributed by atoms with E-state index >= 15 is 0 Å². The van der Waals surface area contributed by atoms with Crippen molar-refractivity contribution < 1.29 is 27.9 Å². The van der Waals surface area contributed by atoms with Gasteiger partial charge >= 0.3 is 18.2 Å². The second-order valence-corrected chi connectivity index (χ2v) is 7.70. The Kier molecular flexibility index (Phi) is 6.77. The molecule has 3 heterocycles. The highest BCUT2D eigenvalue weighted by molar-refractivity contribution is 7.10. The number of aliphatic carboxylic acids is 1. The molecule has 0 bridgehead atoms. The van der Waals surface area contributed by atoms with E-state index in [1.165, 1.54) is 11.5 Å². The second-order valence-electron chi connectivity index (χ2n) is 6.95. The van der Waals surface area contributed by atoms with Gasteiger partial charge in [0.2, 0.25) is 5.13 Å². The minimum absolute atomic E-state index is 0.145. The van der Waals surface area contributed by atoms with Gasteiger partial charge in [-0.1, -0.05) is 30.3 Å². The van der Waals surface area contributed by atoms with Crippen LogP contribution in [0.25, 0.3) is 11.4 Å². The van der Waals surface area contributed by atoms with Crippen molar-refractivity contribution in [3.63, 3.8) is 0 Å². The lowest BCUT2D eigenvalue weighted by atomic mass is 10.1. The number of urea groups is 1. The molecule has 1 aliphatic rings. The number of carboxylic acids is 1. The maximum Gasteiger partial charge on any atom is 0.490 e. The Balaban J connectivity index is 0.000000360. The molecule has 9 nitrogen and oxygen atoms in total. The fourth-order valence-corrected chi connectivity index (χ4v) is 3.52. The third-order valence-corrected chi connectivity index (χ3v) is 5.08. The first-order valence-electron chi connectivity index (χ1n) is 9.32. The summed E-state index contributed by atoms with van der Waals surface area (Å²) < 4.78 is 38.0. The van der Waals surface area contributed by atoms with E-state index in [1.807, 2.05) is 48.9 Å². The maximum atomic E-state index is 12.3. The number of anilines is 1. The van der Waals surface area contributed by atoms with Crippen molar-refractivity contribution >= 4 is 28.7 Å². The molecule has 0 spiro atoms. The number of carbonyl (C=O) groups excluding carboxylic acids is 1. The summed E-state index contributed by atoms with van der Waals surface area (Å²) in [5, 5.41) is 15.0. The summed E-state index contributed by atoms with van der Waals surface area (Å²) in [6.07, 6.45) is -5.08. The highest BCUT2D eigenvalue weighted by Crippen LogP contribution is 2.25. The minimum Gasteiger partial charge on any atom is -0.475 e. The molecule has 1 aliphatic heterocycles. The summed E-state index contributed by atoms with van der Waals surface area (Å²) in [6, 6.07) is 11.9. The van der Waals surface area contributed by atoms with Crippen LogP contribution in [0.3, 0.4) is 0 Å². The van der Waals surface area contributed by atoms with E-state index in [0.717, 1.165) is 17.0 Å². The molecular formula is C19H19F3N6O3S. The normalized spacial score (nSPS) is 13.7. The van der Waals surface area contributed by atoms with E-state index in [2.05, 4.69) is 25.8 Å². The zero-order valence-corrected chi connectivity index (χ0v) is 17.8. The Morgan fingerprint density at radius 1 is 1.19 bits per heavy atom. The Labute approximate surface area is 184 Å². The van der Waals surface area contributed by atoms with Crippen molar-refractivity contribution in [3.05, 3.63) is 47.8 Å². The number of likely N-dealkylation sites (tertiary alicyclic amines) is 1. The number of nitrogens with one attached hydrogen (secondary N) is 1. The van der Waals surface area contributed by atoms with Crippen LogP contribution in [0.15, 0.2) is 36.4 Å². The summed E-state index contributed by atoms with van der Waals surface area (Å²) in [5.74, 6) is -2.13. The number of aromatic nitrogens is 4. The molecule has 4 rings (SSSR count).